The van der Waals surface area contributed by atoms with E-state index in [4.69, 9.17) is 0 Å². The minimum absolute atomic E-state index is 0.321. The van der Waals surface area contributed by atoms with Crippen molar-refractivity contribution in [3.63, 3.8) is 0 Å². The Kier molecular flexibility index (Phi) is 3.04. The van der Waals surface area contributed by atoms with Crippen molar-refractivity contribution in [2.24, 2.45) is 0 Å². The molecule has 0 fully saturated rings. The van der Waals surface area contributed by atoms with Crippen LogP contribution in [0.15, 0.2) is 24.3 Å². The molecule has 0 aliphatic heterocycles. The summed E-state index contributed by atoms with van der Waals surface area (Å²) in [7, 11) is 0. The van der Waals surface area contributed by atoms with E-state index in [1.165, 1.54) is 0 Å². The summed E-state index contributed by atoms with van der Waals surface area (Å²) >= 11 is 3.12. The smallest absolute Gasteiger partial charge is 0.123 e. The fraction of sp³-hybridized carbons (Fsp3) is 0.300. The van der Waals surface area contributed by atoms with Gasteiger partial charge in [0.25, 0.3) is 0 Å². The Balaban J connectivity index is 2.43. The lowest BCUT2D eigenvalue weighted by molar-refractivity contribution is 0.0324. The maximum atomic E-state index is 9.82. The van der Waals surface area contributed by atoms with Gasteiger partial charge in [0.05, 0.1) is 17.3 Å². The standard InChI is InChI=1S/C10H11BrN2O2/c11-5-8(14)10(15)9-6-3-1-2-4-7(6)12-13-9/h1-4,8,10,14-15H,5H2,(H,12,13). The summed E-state index contributed by atoms with van der Waals surface area (Å²) in [5.74, 6) is 0. The Morgan fingerprint density at radius 3 is 2.80 bits per heavy atom. The lowest BCUT2D eigenvalue weighted by Gasteiger charge is -2.13. The lowest BCUT2D eigenvalue weighted by atomic mass is 10.1. The van der Waals surface area contributed by atoms with Crippen molar-refractivity contribution >= 4 is 26.8 Å². The van der Waals surface area contributed by atoms with Crippen LogP contribution < -0.4 is 0 Å². The summed E-state index contributed by atoms with van der Waals surface area (Å²) in [6, 6.07) is 7.45. The normalized spacial score (nSPS) is 15.4. The number of fused-ring (bicyclic) bond motifs is 1. The van der Waals surface area contributed by atoms with E-state index < -0.39 is 12.2 Å². The quantitative estimate of drug-likeness (QED) is 0.738. The number of para-hydroxylation sites is 1. The van der Waals surface area contributed by atoms with Crippen molar-refractivity contribution in [3.8, 4) is 0 Å². The molecule has 0 aliphatic rings. The van der Waals surface area contributed by atoms with Crippen LogP contribution in [-0.2, 0) is 0 Å². The Hall–Kier alpha value is -0.910. The zero-order chi connectivity index (χ0) is 10.8. The number of halogens is 1. The lowest BCUT2D eigenvalue weighted by Crippen LogP contribution is -2.19. The van der Waals surface area contributed by atoms with Crippen LogP contribution in [0.2, 0.25) is 0 Å². The van der Waals surface area contributed by atoms with Crippen LogP contribution in [0.4, 0.5) is 0 Å². The number of H-pyrrole nitrogens is 1. The van der Waals surface area contributed by atoms with E-state index in [2.05, 4.69) is 26.1 Å². The molecule has 0 spiro atoms. The fourth-order valence-corrected chi connectivity index (χ4v) is 1.84. The molecule has 2 aromatic rings. The number of nitrogens with zero attached hydrogens (tertiary/aromatic N) is 1. The van der Waals surface area contributed by atoms with E-state index in [9.17, 15) is 10.2 Å². The number of benzene rings is 1. The summed E-state index contributed by atoms with van der Waals surface area (Å²) in [6.07, 6.45) is -1.79. The van der Waals surface area contributed by atoms with E-state index in [1.807, 2.05) is 24.3 Å². The van der Waals surface area contributed by atoms with Gasteiger partial charge in [0, 0.05) is 10.7 Å². The number of aromatic amines is 1. The van der Waals surface area contributed by atoms with E-state index in [1.54, 1.807) is 0 Å². The van der Waals surface area contributed by atoms with Gasteiger partial charge >= 0.3 is 0 Å². The third-order valence-electron chi connectivity index (χ3n) is 2.31. The molecule has 0 saturated heterocycles. The maximum Gasteiger partial charge on any atom is 0.123 e. The molecule has 0 bridgehead atoms. The number of aromatic nitrogens is 2. The van der Waals surface area contributed by atoms with Gasteiger partial charge in [0.2, 0.25) is 0 Å². The van der Waals surface area contributed by atoms with Gasteiger partial charge in [-0.1, -0.05) is 34.1 Å². The largest absolute Gasteiger partial charge is 0.389 e. The molecule has 0 amide bonds. The second kappa shape index (κ2) is 4.30. The maximum absolute atomic E-state index is 9.82. The van der Waals surface area contributed by atoms with Crippen LogP contribution in [0.5, 0.6) is 0 Å². The Morgan fingerprint density at radius 2 is 2.07 bits per heavy atom. The summed E-state index contributed by atoms with van der Waals surface area (Å²) in [6.45, 7) is 0. The van der Waals surface area contributed by atoms with Gasteiger partial charge in [0.1, 0.15) is 6.10 Å². The summed E-state index contributed by atoms with van der Waals surface area (Å²) in [5.41, 5.74) is 1.34. The van der Waals surface area contributed by atoms with Crippen LogP contribution in [0.3, 0.4) is 0 Å². The first-order chi connectivity index (χ1) is 7.24. The molecule has 0 aliphatic carbocycles. The number of aliphatic hydroxyl groups is 2. The molecule has 0 saturated carbocycles. The van der Waals surface area contributed by atoms with Gasteiger partial charge in [-0.15, -0.1) is 0 Å². The molecule has 2 unspecified atom stereocenters. The monoisotopic (exact) mass is 270 g/mol. The number of hydrogen-bond donors (Lipinski definition) is 3. The molecular weight excluding hydrogens is 260 g/mol. The number of alkyl halides is 1. The number of aliphatic hydroxyl groups excluding tert-OH is 2. The minimum Gasteiger partial charge on any atom is -0.389 e. The summed E-state index contributed by atoms with van der Waals surface area (Å²) in [5, 5.41) is 27.3. The van der Waals surface area contributed by atoms with Crippen molar-refractivity contribution in [1.82, 2.24) is 10.2 Å². The third-order valence-corrected chi connectivity index (χ3v) is 2.97. The molecule has 2 rings (SSSR count). The average molecular weight is 271 g/mol. The van der Waals surface area contributed by atoms with E-state index in [0.29, 0.717) is 11.0 Å². The molecule has 3 N–H and O–H groups in total. The van der Waals surface area contributed by atoms with E-state index >= 15 is 0 Å². The highest BCUT2D eigenvalue weighted by Gasteiger charge is 2.21. The zero-order valence-corrected chi connectivity index (χ0v) is 9.48. The second-order valence-corrected chi connectivity index (χ2v) is 3.97. The second-order valence-electron chi connectivity index (χ2n) is 3.32. The van der Waals surface area contributed by atoms with Gasteiger partial charge in [0.15, 0.2) is 0 Å². The first-order valence-electron chi connectivity index (χ1n) is 4.59. The molecule has 1 aromatic heterocycles. The molecule has 2 atom stereocenters. The van der Waals surface area contributed by atoms with Crippen molar-refractivity contribution in [1.29, 1.82) is 0 Å². The Labute approximate surface area is 95.1 Å². The van der Waals surface area contributed by atoms with Crippen LogP contribution in [0.25, 0.3) is 10.9 Å². The fourth-order valence-electron chi connectivity index (χ4n) is 1.48. The van der Waals surface area contributed by atoms with Gasteiger partial charge in [-0.25, -0.2) is 0 Å². The molecule has 0 radical (unpaired) electrons. The van der Waals surface area contributed by atoms with E-state index in [-0.39, 0.29) is 0 Å². The van der Waals surface area contributed by atoms with E-state index in [0.717, 1.165) is 10.9 Å². The Bertz CT molecular complexity index is 457. The first-order valence-corrected chi connectivity index (χ1v) is 5.71. The predicted octanol–water partition coefficient (Wildman–Crippen LogP) is 1.35. The highest BCUT2D eigenvalue weighted by atomic mass is 79.9. The van der Waals surface area contributed by atoms with Gasteiger partial charge in [-0.3, -0.25) is 5.10 Å². The number of hydrogen-bond acceptors (Lipinski definition) is 3. The number of rotatable bonds is 3. The van der Waals surface area contributed by atoms with Gasteiger partial charge < -0.3 is 10.2 Å². The molecule has 80 valence electrons. The minimum atomic E-state index is -0.947. The van der Waals surface area contributed by atoms with Crippen molar-refractivity contribution in [3.05, 3.63) is 30.0 Å². The molecule has 15 heavy (non-hydrogen) atoms. The van der Waals surface area contributed by atoms with Crippen molar-refractivity contribution in [2.75, 3.05) is 5.33 Å². The first kappa shape index (κ1) is 10.6. The zero-order valence-electron chi connectivity index (χ0n) is 7.89. The van der Waals surface area contributed by atoms with Gasteiger partial charge in [-0.2, -0.15) is 5.10 Å². The van der Waals surface area contributed by atoms with Crippen molar-refractivity contribution in [2.45, 2.75) is 12.2 Å². The molecular formula is C10H11BrN2O2. The van der Waals surface area contributed by atoms with Crippen LogP contribution in [0.1, 0.15) is 11.8 Å². The molecule has 5 heteroatoms. The summed E-state index contributed by atoms with van der Waals surface area (Å²) < 4.78 is 0. The predicted molar refractivity (Wildman–Crippen MR) is 60.9 cm³/mol. The van der Waals surface area contributed by atoms with Gasteiger partial charge in [-0.05, 0) is 6.07 Å². The highest BCUT2D eigenvalue weighted by Crippen LogP contribution is 2.24. The average Bonchev–Trinajstić information content (AvgIpc) is 2.70. The highest BCUT2D eigenvalue weighted by molar-refractivity contribution is 9.09. The Morgan fingerprint density at radius 1 is 1.33 bits per heavy atom. The van der Waals surface area contributed by atoms with Crippen LogP contribution in [0, 0.1) is 0 Å². The SMILES string of the molecule is OC(CBr)C(O)c1[nH]nc2ccccc12. The topological polar surface area (TPSA) is 69.1 Å². The number of nitrogens with one attached hydrogen (secondary N) is 1. The molecule has 1 aromatic carbocycles. The van der Waals surface area contributed by atoms with Crippen molar-refractivity contribution < 1.29 is 10.2 Å². The van der Waals surface area contributed by atoms with Crippen LogP contribution >= 0.6 is 15.9 Å². The molecule has 1 heterocycles. The summed E-state index contributed by atoms with van der Waals surface area (Å²) in [4.78, 5) is 0. The molecule has 4 nitrogen and oxygen atoms in total. The third kappa shape index (κ3) is 1.90. The van der Waals surface area contributed by atoms with Crippen LogP contribution in [-0.4, -0.2) is 31.8 Å².